The number of hydrogen-bond donors (Lipinski definition) is 0. The van der Waals surface area contributed by atoms with Gasteiger partial charge in [0.15, 0.2) is 5.70 Å². The zero-order chi connectivity index (χ0) is 16.4. The first-order chi connectivity index (χ1) is 10.9. The van der Waals surface area contributed by atoms with Gasteiger partial charge in [-0.15, -0.1) is 0 Å². The lowest BCUT2D eigenvalue weighted by Gasteiger charge is -2.05. The van der Waals surface area contributed by atoms with E-state index >= 15 is 0 Å². The standard InChI is InChI=1S/C17H10F3NO2/c18-17(19,20)13-8-6-11(7-9-13)10-14-16(22)23-15(21-14)12-4-2-1-3-5-12/h1-10H/b14-10+. The summed E-state index contributed by atoms with van der Waals surface area (Å²) in [7, 11) is 0. The SMILES string of the molecule is O=C1OC(c2ccccc2)=N/C1=C/c1ccc(C(F)(F)F)cc1. The Morgan fingerprint density at radius 1 is 0.957 bits per heavy atom. The number of carbonyl (C=O) groups is 1. The highest BCUT2D eigenvalue weighted by Crippen LogP contribution is 2.29. The van der Waals surface area contributed by atoms with E-state index in [1.165, 1.54) is 18.2 Å². The summed E-state index contributed by atoms with van der Waals surface area (Å²) in [5, 5.41) is 0. The van der Waals surface area contributed by atoms with Crippen molar-refractivity contribution in [3.63, 3.8) is 0 Å². The van der Waals surface area contributed by atoms with Gasteiger partial charge in [0.05, 0.1) is 5.56 Å². The molecule has 2 aromatic carbocycles. The van der Waals surface area contributed by atoms with Crippen LogP contribution in [0.3, 0.4) is 0 Å². The molecule has 0 saturated carbocycles. The Hall–Kier alpha value is -2.89. The Morgan fingerprint density at radius 3 is 2.22 bits per heavy atom. The molecule has 116 valence electrons. The molecule has 2 aromatic rings. The maximum absolute atomic E-state index is 12.5. The molecular formula is C17H10F3NO2. The van der Waals surface area contributed by atoms with Gasteiger partial charge in [0.1, 0.15) is 0 Å². The first-order valence-electron chi connectivity index (χ1n) is 6.69. The molecule has 0 unspecified atom stereocenters. The van der Waals surface area contributed by atoms with Crippen LogP contribution < -0.4 is 0 Å². The minimum Gasteiger partial charge on any atom is -0.402 e. The number of carbonyl (C=O) groups excluding carboxylic acids is 1. The summed E-state index contributed by atoms with van der Waals surface area (Å²) in [6, 6.07) is 13.3. The van der Waals surface area contributed by atoms with E-state index in [4.69, 9.17) is 4.74 Å². The third-order valence-corrected chi connectivity index (χ3v) is 3.18. The van der Waals surface area contributed by atoms with E-state index < -0.39 is 17.7 Å². The largest absolute Gasteiger partial charge is 0.416 e. The zero-order valence-corrected chi connectivity index (χ0v) is 11.7. The minimum absolute atomic E-state index is 0.0450. The first-order valence-corrected chi connectivity index (χ1v) is 6.69. The molecule has 3 rings (SSSR count). The van der Waals surface area contributed by atoms with Gasteiger partial charge >= 0.3 is 12.1 Å². The summed E-state index contributed by atoms with van der Waals surface area (Å²) in [6.07, 6.45) is -3.00. The van der Waals surface area contributed by atoms with Crippen LogP contribution in [-0.4, -0.2) is 11.9 Å². The van der Waals surface area contributed by atoms with Crippen LogP contribution in [0.2, 0.25) is 0 Å². The van der Waals surface area contributed by atoms with Crippen molar-refractivity contribution >= 4 is 17.9 Å². The van der Waals surface area contributed by atoms with E-state index in [9.17, 15) is 18.0 Å². The highest BCUT2D eigenvalue weighted by atomic mass is 19.4. The summed E-state index contributed by atoms with van der Waals surface area (Å²) in [5.41, 5.74) is 0.380. The van der Waals surface area contributed by atoms with Crippen molar-refractivity contribution in [2.75, 3.05) is 0 Å². The average molecular weight is 317 g/mol. The van der Waals surface area contributed by atoms with E-state index in [0.29, 0.717) is 11.1 Å². The lowest BCUT2D eigenvalue weighted by molar-refractivity contribution is -0.137. The van der Waals surface area contributed by atoms with Gasteiger partial charge in [0.2, 0.25) is 5.90 Å². The normalized spacial score (nSPS) is 16.4. The molecule has 0 spiro atoms. The third-order valence-electron chi connectivity index (χ3n) is 3.18. The first kappa shape index (κ1) is 15.0. The van der Waals surface area contributed by atoms with Crippen molar-refractivity contribution < 1.29 is 22.7 Å². The maximum Gasteiger partial charge on any atom is 0.416 e. The highest BCUT2D eigenvalue weighted by molar-refractivity contribution is 6.12. The Labute approximate surface area is 129 Å². The highest BCUT2D eigenvalue weighted by Gasteiger charge is 2.30. The van der Waals surface area contributed by atoms with Crippen molar-refractivity contribution in [2.45, 2.75) is 6.18 Å². The van der Waals surface area contributed by atoms with Crippen LogP contribution in [0.1, 0.15) is 16.7 Å². The molecule has 0 N–H and O–H groups in total. The molecule has 0 atom stereocenters. The fourth-order valence-corrected chi connectivity index (χ4v) is 2.04. The van der Waals surface area contributed by atoms with Gasteiger partial charge in [-0.1, -0.05) is 30.3 Å². The lowest BCUT2D eigenvalue weighted by atomic mass is 10.1. The van der Waals surface area contributed by atoms with Crippen LogP contribution in [0.5, 0.6) is 0 Å². The number of aliphatic imine (C=N–C) groups is 1. The van der Waals surface area contributed by atoms with Gasteiger partial charge in [-0.2, -0.15) is 13.2 Å². The molecule has 0 aromatic heterocycles. The van der Waals surface area contributed by atoms with Gasteiger partial charge in [-0.25, -0.2) is 9.79 Å². The van der Waals surface area contributed by atoms with Gasteiger partial charge < -0.3 is 4.74 Å². The van der Waals surface area contributed by atoms with E-state index in [1.807, 2.05) is 6.07 Å². The average Bonchev–Trinajstić information content (AvgIpc) is 2.89. The van der Waals surface area contributed by atoms with Crippen LogP contribution in [-0.2, 0) is 15.7 Å². The summed E-state index contributed by atoms with van der Waals surface area (Å²) in [6.45, 7) is 0. The second kappa shape index (κ2) is 5.72. The van der Waals surface area contributed by atoms with Crippen LogP contribution in [0, 0.1) is 0 Å². The van der Waals surface area contributed by atoms with Gasteiger partial charge in [-0.05, 0) is 35.9 Å². The maximum atomic E-state index is 12.5. The zero-order valence-electron chi connectivity index (χ0n) is 11.7. The molecule has 0 aliphatic carbocycles. The Kier molecular flexibility index (Phi) is 3.73. The number of esters is 1. The van der Waals surface area contributed by atoms with Crippen molar-refractivity contribution in [1.82, 2.24) is 0 Å². The van der Waals surface area contributed by atoms with E-state index in [0.717, 1.165) is 12.1 Å². The smallest absolute Gasteiger partial charge is 0.402 e. The summed E-state index contributed by atoms with van der Waals surface area (Å²) >= 11 is 0. The monoisotopic (exact) mass is 317 g/mol. The number of rotatable bonds is 2. The second-order valence-electron chi connectivity index (χ2n) is 4.82. The van der Waals surface area contributed by atoms with E-state index in [-0.39, 0.29) is 11.6 Å². The molecule has 1 aliphatic heterocycles. The van der Waals surface area contributed by atoms with Crippen LogP contribution >= 0.6 is 0 Å². The molecule has 0 saturated heterocycles. The second-order valence-corrected chi connectivity index (χ2v) is 4.82. The predicted octanol–water partition coefficient (Wildman–Crippen LogP) is 4.05. The number of ether oxygens (including phenoxy) is 1. The molecule has 0 radical (unpaired) electrons. The third kappa shape index (κ3) is 3.31. The van der Waals surface area contributed by atoms with Crippen LogP contribution in [0.25, 0.3) is 6.08 Å². The number of cyclic esters (lactones) is 1. The van der Waals surface area contributed by atoms with Gasteiger partial charge in [-0.3, -0.25) is 0 Å². The van der Waals surface area contributed by atoms with Gasteiger partial charge in [0.25, 0.3) is 0 Å². The quantitative estimate of drug-likeness (QED) is 0.619. The van der Waals surface area contributed by atoms with Crippen molar-refractivity contribution in [2.24, 2.45) is 4.99 Å². The number of nitrogens with zero attached hydrogens (tertiary/aromatic N) is 1. The molecular weight excluding hydrogens is 307 g/mol. The molecule has 23 heavy (non-hydrogen) atoms. The topological polar surface area (TPSA) is 38.7 Å². The summed E-state index contributed by atoms with van der Waals surface area (Å²) in [4.78, 5) is 15.9. The number of alkyl halides is 3. The summed E-state index contributed by atoms with van der Waals surface area (Å²) in [5.74, 6) is -0.461. The fourth-order valence-electron chi connectivity index (χ4n) is 2.04. The van der Waals surface area contributed by atoms with Crippen molar-refractivity contribution in [3.05, 3.63) is 77.0 Å². The minimum atomic E-state index is -4.39. The lowest BCUT2D eigenvalue weighted by Crippen LogP contribution is -2.05. The van der Waals surface area contributed by atoms with Crippen LogP contribution in [0.15, 0.2) is 65.3 Å². The Bertz CT molecular complexity index is 791. The molecule has 1 aliphatic rings. The number of hydrogen-bond acceptors (Lipinski definition) is 3. The Balaban J connectivity index is 1.88. The molecule has 1 heterocycles. The van der Waals surface area contributed by atoms with Crippen molar-refractivity contribution in [1.29, 1.82) is 0 Å². The Morgan fingerprint density at radius 2 is 1.61 bits per heavy atom. The molecule has 0 bridgehead atoms. The number of benzene rings is 2. The number of halogens is 3. The summed E-state index contributed by atoms with van der Waals surface area (Å²) < 4.78 is 42.6. The van der Waals surface area contributed by atoms with Crippen LogP contribution in [0.4, 0.5) is 13.2 Å². The van der Waals surface area contributed by atoms with Gasteiger partial charge in [0, 0.05) is 5.56 Å². The van der Waals surface area contributed by atoms with E-state index in [1.54, 1.807) is 24.3 Å². The molecule has 3 nitrogen and oxygen atoms in total. The molecule has 0 amide bonds. The molecule has 6 heteroatoms. The van der Waals surface area contributed by atoms with E-state index in [2.05, 4.69) is 4.99 Å². The molecule has 0 fully saturated rings. The van der Waals surface area contributed by atoms with Crippen molar-refractivity contribution in [3.8, 4) is 0 Å². The predicted molar refractivity (Wildman–Crippen MR) is 78.5 cm³/mol. The fraction of sp³-hybridized carbons (Fsp3) is 0.0588.